The van der Waals surface area contributed by atoms with Crippen LogP contribution in [0.15, 0.2) is 36.4 Å². The summed E-state index contributed by atoms with van der Waals surface area (Å²) in [6.07, 6.45) is -0.573. The molecule has 0 saturated heterocycles. The van der Waals surface area contributed by atoms with Crippen molar-refractivity contribution in [2.75, 3.05) is 13.2 Å². The Bertz CT molecular complexity index is 746. The summed E-state index contributed by atoms with van der Waals surface area (Å²) < 4.78 is 11.3. The van der Waals surface area contributed by atoms with Crippen molar-refractivity contribution in [3.63, 3.8) is 0 Å². The summed E-state index contributed by atoms with van der Waals surface area (Å²) in [5.74, 6) is 1.20. The van der Waals surface area contributed by atoms with E-state index in [0.717, 1.165) is 11.1 Å². The van der Waals surface area contributed by atoms with Gasteiger partial charge in [-0.3, -0.25) is 4.79 Å². The van der Waals surface area contributed by atoms with Gasteiger partial charge in [0.15, 0.2) is 6.10 Å². The van der Waals surface area contributed by atoms with E-state index in [1.165, 1.54) is 5.56 Å². The van der Waals surface area contributed by atoms with E-state index >= 15 is 0 Å². The lowest BCUT2D eigenvalue weighted by molar-refractivity contribution is -0.127. The number of benzene rings is 2. The van der Waals surface area contributed by atoms with E-state index in [9.17, 15) is 4.79 Å². The van der Waals surface area contributed by atoms with Crippen LogP contribution < -0.4 is 14.8 Å². The third-order valence-corrected chi connectivity index (χ3v) is 4.38. The molecule has 0 spiro atoms. The van der Waals surface area contributed by atoms with Gasteiger partial charge < -0.3 is 14.8 Å². The van der Waals surface area contributed by atoms with Gasteiger partial charge in [0.1, 0.15) is 18.1 Å². The number of hydrogen-bond donors (Lipinski definition) is 1. The van der Waals surface area contributed by atoms with E-state index in [4.69, 9.17) is 21.1 Å². The standard InChI is InChI=1S/C20H24ClNO3/c1-13-5-8-18(11-15(13)3)25-16(4)20(23)22-9-10-24-17-7-6-14(2)19(21)12-17/h5-8,11-12,16H,9-10H2,1-4H3,(H,22,23)/t16-/m0/s1. The molecule has 0 saturated carbocycles. The van der Waals surface area contributed by atoms with Crippen LogP contribution in [0, 0.1) is 20.8 Å². The number of carbonyl (C=O) groups excluding carboxylic acids is 1. The van der Waals surface area contributed by atoms with Crippen LogP contribution >= 0.6 is 11.6 Å². The van der Waals surface area contributed by atoms with E-state index in [0.29, 0.717) is 29.7 Å². The van der Waals surface area contributed by atoms with E-state index in [2.05, 4.69) is 5.32 Å². The molecule has 2 aromatic carbocycles. The summed E-state index contributed by atoms with van der Waals surface area (Å²) in [4.78, 5) is 12.1. The first-order chi connectivity index (χ1) is 11.9. The van der Waals surface area contributed by atoms with Crippen LogP contribution in [0.25, 0.3) is 0 Å². The molecule has 2 aromatic rings. The van der Waals surface area contributed by atoms with Gasteiger partial charge in [-0.25, -0.2) is 0 Å². The molecule has 0 aliphatic carbocycles. The Morgan fingerprint density at radius 2 is 1.72 bits per heavy atom. The Labute approximate surface area is 154 Å². The number of carbonyl (C=O) groups is 1. The summed E-state index contributed by atoms with van der Waals surface area (Å²) in [6.45, 7) is 8.47. The summed E-state index contributed by atoms with van der Waals surface area (Å²) in [7, 11) is 0. The van der Waals surface area contributed by atoms with Crippen LogP contribution in [0.2, 0.25) is 5.02 Å². The van der Waals surface area contributed by atoms with Gasteiger partial charge in [-0.05, 0) is 68.7 Å². The highest BCUT2D eigenvalue weighted by atomic mass is 35.5. The topological polar surface area (TPSA) is 47.6 Å². The van der Waals surface area contributed by atoms with Crippen molar-refractivity contribution >= 4 is 17.5 Å². The molecule has 2 rings (SSSR count). The molecule has 0 unspecified atom stereocenters. The van der Waals surface area contributed by atoms with Crippen LogP contribution in [0.3, 0.4) is 0 Å². The van der Waals surface area contributed by atoms with Gasteiger partial charge in [-0.15, -0.1) is 0 Å². The third kappa shape index (κ3) is 5.68. The quantitative estimate of drug-likeness (QED) is 0.751. The first-order valence-corrected chi connectivity index (χ1v) is 8.65. The van der Waals surface area contributed by atoms with E-state index in [-0.39, 0.29) is 5.91 Å². The van der Waals surface area contributed by atoms with Gasteiger partial charge in [-0.1, -0.05) is 23.7 Å². The van der Waals surface area contributed by atoms with E-state index < -0.39 is 6.10 Å². The number of amides is 1. The fourth-order valence-corrected chi connectivity index (χ4v) is 2.37. The van der Waals surface area contributed by atoms with E-state index in [1.54, 1.807) is 13.0 Å². The SMILES string of the molecule is Cc1ccc(O[C@@H](C)C(=O)NCCOc2ccc(C)c(Cl)c2)cc1C. The lowest BCUT2D eigenvalue weighted by Crippen LogP contribution is -2.38. The van der Waals surface area contributed by atoms with Crippen molar-refractivity contribution < 1.29 is 14.3 Å². The zero-order valence-electron chi connectivity index (χ0n) is 15.1. The van der Waals surface area contributed by atoms with E-state index in [1.807, 2.05) is 51.1 Å². The Balaban J connectivity index is 1.75. The van der Waals surface area contributed by atoms with Gasteiger partial charge >= 0.3 is 0 Å². The molecule has 5 heteroatoms. The average Bonchev–Trinajstić information content (AvgIpc) is 2.58. The molecule has 0 aromatic heterocycles. The van der Waals surface area contributed by atoms with Gasteiger partial charge in [0.25, 0.3) is 5.91 Å². The molecule has 0 bridgehead atoms. The zero-order valence-corrected chi connectivity index (χ0v) is 15.8. The smallest absolute Gasteiger partial charge is 0.260 e. The van der Waals surface area contributed by atoms with Crippen molar-refractivity contribution in [1.82, 2.24) is 5.32 Å². The van der Waals surface area contributed by atoms with Crippen molar-refractivity contribution in [1.29, 1.82) is 0 Å². The highest BCUT2D eigenvalue weighted by molar-refractivity contribution is 6.31. The second kappa shape index (κ2) is 8.77. The van der Waals surface area contributed by atoms with Crippen LogP contribution in [-0.2, 0) is 4.79 Å². The Kier molecular flexibility index (Phi) is 6.71. The molecule has 1 amide bonds. The van der Waals surface area contributed by atoms with Crippen LogP contribution in [0.4, 0.5) is 0 Å². The Hall–Kier alpha value is -2.20. The lowest BCUT2D eigenvalue weighted by atomic mass is 10.1. The maximum atomic E-state index is 12.1. The summed E-state index contributed by atoms with van der Waals surface area (Å²) in [6, 6.07) is 11.3. The molecule has 0 radical (unpaired) electrons. The minimum absolute atomic E-state index is 0.177. The Morgan fingerprint density at radius 3 is 2.40 bits per heavy atom. The highest BCUT2D eigenvalue weighted by Gasteiger charge is 2.14. The fraction of sp³-hybridized carbons (Fsp3) is 0.350. The molecule has 4 nitrogen and oxygen atoms in total. The highest BCUT2D eigenvalue weighted by Crippen LogP contribution is 2.21. The number of hydrogen-bond acceptors (Lipinski definition) is 3. The molecule has 1 atom stereocenters. The molecule has 0 aliphatic rings. The van der Waals surface area contributed by atoms with Gasteiger partial charge in [0, 0.05) is 5.02 Å². The normalized spacial score (nSPS) is 11.7. The van der Waals surface area contributed by atoms with Crippen LogP contribution in [-0.4, -0.2) is 25.2 Å². The average molecular weight is 362 g/mol. The van der Waals surface area contributed by atoms with Gasteiger partial charge in [-0.2, -0.15) is 0 Å². The molecular formula is C20H24ClNO3. The molecular weight excluding hydrogens is 338 g/mol. The lowest BCUT2D eigenvalue weighted by Gasteiger charge is -2.16. The first-order valence-electron chi connectivity index (χ1n) is 8.27. The third-order valence-electron chi connectivity index (χ3n) is 3.97. The molecule has 1 N–H and O–H groups in total. The van der Waals surface area contributed by atoms with Crippen LogP contribution in [0.1, 0.15) is 23.6 Å². The van der Waals surface area contributed by atoms with Gasteiger partial charge in [0.05, 0.1) is 6.54 Å². The summed E-state index contributed by atoms with van der Waals surface area (Å²) in [5, 5.41) is 3.47. The molecule has 0 fully saturated rings. The maximum Gasteiger partial charge on any atom is 0.260 e. The zero-order chi connectivity index (χ0) is 18.4. The number of aryl methyl sites for hydroxylation is 3. The van der Waals surface area contributed by atoms with Crippen molar-refractivity contribution in [2.45, 2.75) is 33.8 Å². The second-order valence-corrected chi connectivity index (χ2v) is 6.46. The van der Waals surface area contributed by atoms with Crippen molar-refractivity contribution in [3.05, 3.63) is 58.1 Å². The summed E-state index contributed by atoms with van der Waals surface area (Å²) in [5.41, 5.74) is 3.33. The molecule has 0 aliphatic heterocycles. The monoisotopic (exact) mass is 361 g/mol. The molecule has 0 heterocycles. The minimum atomic E-state index is -0.573. The number of rotatable bonds is 7. The predicted octanol–water partition coefficient (Wildman–Crippen LogP) is 4.23. The number of ether oxygens (including phenoxy) is 2. The largest absolute Gasteiger partial charge is 0.492 e. The minimum Gasteiger partial charge on any atom is -0.492 e. The Morgan fingerprint density at radius 1 is 1.04 bits per heavy atom. The van der Waals surface area contributed by atoms with Crippen LogP contribution in [0.5, 0.6) is 11.5 Å². The first kappa shape index (κ1) is 19.1. The molecule has 25 heavy (non-hydrogen) atoms. The summed E-state index contributed by atoms with van der Waals surface area (Å²) >= 11 is 6.05. The van der Waals surface area contributed by atoms with Crippen molar-refractivity contribution in [2.24, 2.45) is 0 Å². The van der Waals surface area contributed by atoms with Crippen molar-refractivity contribution in [3.8, 4) is 11.5 Å². The number of halogens is 1. The fourth-order valence-electron chi connectivity index (χ4n) is 2.20. The van der Waals surface area contributed by atoms with Gasteiger partial charge in [0.2, 0.25) is 0 Å². The molecule has 134 valence electrons. The predicted molar refractivity (Wildman–Crippen MR) is 101 cm³/mol. The second-order valence-electron chi connectivity index (χ2n) is 6.06. The maximum absolute atomic E-state index is 12.1. The number of nitrogens with one attached hydrogen (secondary N) is 1.